The summed E-state index contributed by atoms with van der Waals surface area (Å²) in [7, 11) is -3.76. The number of carbonyl (C=O) groups excluding carboxylic acids is 1. The highest BCUT2D eigenvalue weighted by molar-refractivity contribution is 7.92. The molecule has 0 bridgehead atoms. The minimum Gasteiger partial charge on any atom is -0.320 e. The number of aryl methyl sites for hydroxylation is 1. The molecule has 1 N–H and O–H groups in total. The van der Waals surface area contributed by atoms with Crippen LogP contribution < -0.4 is 9.62 Å². The van der Waals surface area contributed by atoms with Crippen molar-refractivity contribution < 1.29 is 22.0 Å². The Labute approximate surface area is 139 Å². The molecule has 128 valence electrons. The van der Waals surface area contributed by atoms with Crippen molar-refractivity contribution in [1.29, 1.82) is 0 Å². The Bertz CT molecular complexity index is 849. The lowest BCUT2D eigenvalue weighted by Gasteiger charge is -2.22. The second kappa shape index (κ2) is 6.96. The molecule has 1 amide bonds. The van der Waals surface area contributed by atoms with Crippen LogP contribution in [0.15, 0.2) is 42.5 Å². The number of sulfonamides is 1. The van der Waals surface area contributed by atoms with E-state index in [1.807, 2.05) is 0 Å². The number of carbonyl (C=O) groups is 1. The summed E-state index contributed by atoms with van der Waals surface area (Å²) in [6, 6.07) is 9.70. The number of hydrogen-bond acceptors (Lipinski definition) is 3. The van der Waals surface area contributed by atoms with Crippen LogP contribution in [0.3, 0.4) is 0 Å². The third-order valence-corrected chi connectivity index (χ3v) is 4.34. The van der Waals surface area contributed by atoms with Crippen LogP contribution >= 0.6 is 0 Å². The minimum absolute atomic E-state index is 0.293. The lowest BCUT2D eigenvalue weighted by molar-refractivity contribution is -0.114. The maximum atomic E-state index is 13.6. The van der Waals surface area contributed by atoms with Crippen molar-refractivity contribution in [2.75, 3.05) is 22.4 Å². The second-order valence-electron chi connectivity index (χ2n) is 5.25. The van der Waals surface area contributed by atoms with Gasteiger partial charge in [0.25, 0.3) is 0 Å². The largest absolute Gasteiger partial charge is 0.320 e. The first-order valence-corrected chi connectivity index (χ1v) is 8.81. The first-order chi connectivity index (χ1) is 11.2. The molecule has 0 spiro atoms. The molecule has 0 aromatic heterocycles. The van der Waals surface area contributed by atoms with Gasteiger partial charge in [-0.25, -0.2) is 17.2 Å². The van der Waals surface area contributed by atoms with Crippen LogP contribution in [0.4, 0.5) is 20.2 Å². The number of halogens is 2. The Balaban J connectivity index is 2.26. The molecule has 2 aromatic rings. The molecule has 0 heterocycles. The summed E-state index contributed by atoms with van der Waals surface area (Å²) in [5, 5.41) is 2.07. The zero-order valence-corrected chi connectivity index (χ0v) is 13.9. The fourth-order valence-electron chi connectivity index (χ4n) is 2.11. The molecule has 0 aliphatic heterocycles. The fraction of sp³-hybridized carbons (Fsp3) is 0.188. The highest BCUT2D eigenvalue weighted by atomic mass is 32.2. The average molecular weight is 354 g/mol. The SMILES string of the molecule is Cc1cccc(N(CC(=O)Nc2c(F)cccc2F)S(C)(=O)=O)c1. The molecule has 2 aromatic carbocycles. The maximum absolute atomic E-state index is 13.6. The number of amides is 1. The topological polar surface area (TPSA) is 66.5 Å². The van der Waals surface area contributed by atoms with Gasteiger partial charge >= 0.3 is 0 Å². The Hall–Kier alpha value is -2.48. The molecule has 0 saturated heterocycles. The monoisotopic (exact) mass is 354 g/mol. The predicted molar refractivity (Wildman–Crippen MR) is 88.4 cm³/mol. The molecular formula is C16H16F2N2O3S. The van der Waals surface area contributed by atoms with Gasteiger partial charge in [-0.3, -0.25) is 9.10 Å². The molecule has 2 rings (SSSR count). The van der Waals surface area contributed by atoms with Crippen LogP contribution in [-0.2, 0) is 14.8 Å². The van der Waals surface area contributed by atoms with Crippen molar-refractivity contribution in [3.05, 3.63) is 59.7 Å². The lowest BCUT2D eigenvalue weighted by atomic mass is 10.2. The molecule has 0 aliphatic carbocycles. The maximum Gasteiger partial charge on any atom is 0.245 e. The Morgan fingerprint density at radius 2 is 1.71 bits per heavy atom. The van der Waals surface area contributed by atoms with E-state index in [9.17, 15) is 22.0 Å². The smallest absolute Gasteiger partial charge is 0.245 e. The fourth-order valence-corrected chi connectivity index (χ4v) is 2.96. The van der Waals surface area contributed by atoms with Gasteiger partial charge in [0.05, 0.1) is 11.9 Å². The molecule has 0 saturated carbocycles. The molecule has 0 atom stereocenters. The van der Waals surface area contributed by atoms with Crippen molar-refractivity contribution in [1.82, 2.24) is 0 Å². The van der Waals surface area contributed by atoms with Crippen molar-refractivity contribution >= 4 is 27.3 Å². The van der Waals surface area contributed by atoms with Crippen LogP contribution in [0, 0.1) is 18.6 Å². The van der Waals surface area contributed by atoms with E-state index in [1.54, 1.807) is 25.1 Å². The van der Waals surface area contributed by atoms with Gasteiger partial charge in [0.1, 0.15) is 23.9 Å². The molecule has 5 nitrogen and oxygen atoms in total. The van der Waals surface area contributed by atoms with Gasteiger partial charge in [-0.1, -0.05) is 18.2 Å². The highest BCUT2D eigenvalue weighted by Gasteiger charge is 2.22. The number of nitrogens with zero attached hydrogens (tertiary/aromatic N) is 1. The number of anilines is 2. The predicted octanol–water partition coefficient (Wildman–Crippen LogP) is 2.68. The summed E-state index contributed by atoms with van der Waals surface area (Å²) in [6.45, 7) is 1.18. The van der Waals surface area contributed by atoms with Crippen LogP contribution in [0.1, 0.15) is 5.56 Å². The standard InChI is InChI=1S/C16H16F2N2O3S/c1-11-5-3-6-12(9-11)20(24(2,22)23)10-15(21)19-16-13(17)7-4-8-14(16)18/h3-9H,10H2,1-2H3,(H,19,21). The molecule has 0 radical (unpaired) electrons. The van der Waals surface area contributed by atoms with Gasteiger partial charge < -0.3 is 5.32 Å². The van der Waals surface area contributed by atoms with E-state index < -0.39 is 39.8 Å². The quantitative estimate of drug-likeness (QED) is 0.898. The zero-order valence-electron chi connectivity index (χ0n) is 13.1. The molecule has 0 unspecified atom stereocenters. The number of nitrogens with one attached hydrogen (secondary N) is 1. The number of hydrogen-bond donors (Lipinski definition) is 1. The Morgan fingerprint density at radius 3 is 2.25 bits per heavy atom. The van der Waals surface area contributed by atoms with Gasteiger partial charge in [-0.05, 0) is 36.8 Å². The zero-order chi connectivity index (χ0) is 17.9. The van der Waals surface area contributed by atoms with E-state index >= 15 is 0 Å². The summed E-state index contributed by atoms with van der Waals surface area (Å²) >= 11 is 0. The van der Waals surface area contributed by atoms with E-state index in [1.165, 1.54) is 6.07 Å². The van der Waals surface area contributed by atoms with Crippen LogP contribution in [-0.4, -0.2) is 27.1 Å². The number of benzene rings is 2. The lowest BCUT2D eigenvalue weighted by Crippen LogP contribution is -2.37. The van der Waals surface area contributed by atoms with Gasteiger partial charge in [0.2, 0.25) is 15.9 Å². The third kappa shape index (κ3) is 4.29. The minimum atomic E-state index is -3.76. The van der Waals surface area contributed by atoms with Gasteiger partial charge in [0.15, 0.2) is 0 Å². The Morgan fingerprint density at radius 1 is 1.12 bits per heavy atom. The Kier molecular flexibility index (Phi) is 5.18. The molecular weight excluding hydrogens is 338 g/mol. The first-order valence-electron chi connectivity index (χ1n) is 6.97. The number of rotatable bonds is 5. The molecule has 0 aliphatic rings. The van der Waals surface area contributed by atoms with Crippen LogP contribution in [0.5, 0.6) is 0 Å². The second-order valence-corrected chi connectivity index (χ2v) is 7.16. The summed E-state index contributed by atoms with van der Waals surface area (Å²) < 4.78 is 51.9. The van der Waals surface area contributed by atoms with E-state index in [0.29, 0.717) is 5.69 Å². The summed E-state index contributed by atoms with van der Waals surface area (Å²) in [5.74, 6) is -2.74. The van der Waals surface area contributed by atoms with Crippen molar-refractivity contribution in [3.63, 3.8) is 0 Å². The van der Waals surface area contributed by atoms with E-state index in [2.05, 4.69) is 5.32 Å². The van der Waals surface area contributed by atoms with E-state index in [-0.39, 0.29) is 0 Å². The van der Waals surface area contributed by atoms with Crippen molar-refractivity contribution in [2.24, 2.45) is 0 Å². The van der Waals surface area contributed by atoms with Crippen LogP contribution in [0.25, 0.3) is 0 Å². The van der Waals surface area contributed by atoms with Crippen molar-refractivity contribution in [2.45, 2.75) is 6.92 Å². The molecule has 24 heavy (non-hydrogen) atoms. The molecule has 8 heteroatoms. The average Bonchev–Trinajstić information content (AvgIpc) is 2.47. The van der Waals surface area contributed by atoms with E-state index in [0.717, 1.165) is 34.3 Å². The number of para-hydroxylation sites is 1. The van der Waals surface area contributed by atoms with Gasteiger partial charge in [0, 0.05) is 0 Å². The van der Waals surface area contributed by atoms with Gasteiger partial charge in [-0.15, -0.1) is 0 Å². The highest BCUT2D eigenvalue weighted by Crippen LogP contribution is 2.21. The summed E-state index contributed by atoms with van der Waals surface area (Å²) in [5.41, 5.74) is 0.489. The normalized spacial score (nSPS) is 11.2. The van der Waals surface area contributed by atoms with Crippen LogP contribution in [0.2, 0.25) is 0 Å². The summed E-state index contributed by atoms with van der Waals surface area (Å²) in [6.07, 6.45) is 0.951. The first kappa shape index (κ1) is 17.9. The summed E-state index contributed by atoms with van der Waals surface area (Å²) in [4.78, 5) is 12.1. The van der Waals surface area contributed by atoms with Gasteiger partial charge in [-0.2, -0.15) is 0 Å². The van der Waals surface area contributed by atoms with Crippen molar-refractivity contribution in [3.8, 4) is 0 Å². The van der Waals surface area contributed by atoms with E-state index in [4.69, 9.17) is 0 Å². The molecule has 0 fully saturated rings. The third-order valence-electron chi connectivity index (χ3n) is 3.20.